The van der Waals surface area contributed by atoms with Gasteiger partial charge in [0.25, 0.3) is 0 Å². The van der Waals surface area contributed by atoms with Crippen LogP contribution in [0.15, 0.2) is 34.1 Å². The van der Waals surface area contributed by atoms with Crippen LogP contribution in [0.3, 0.4) is 0 Å². The lowest BCUT2D eigenvalue weighted by Gasteiger charge is -2.11. The van der Waals surface area contributed by atoms with E-state index in [1.165, 1.54) is 11.4 Å². The highest BCUT2D eigenvalue weighted by Gasteiger charge is 2.38. The van der Waals surface area contributed by atoms with Crippen molar-refractivity contribution >= 4 is 29.9 Å². The lowest BCUT2D eigenvalue weighted by molar-refractivity contribution is 0.454. The van der Waals surface area contributed by atoms with Gasteiger partial charge in [0.1, 0.15) is 0 Å². The number of thioether (sulfide) groups is 1. The standard InChI is InChI=1S/C11H13O3PS2/c1-8(2)11(16-3)17-15(12)13-9-6-4-5-7-10(9)14-15/h4-7H,1-3H3. The van der Waals surface area contributed by atoms with Gasteiger partial charge in [-0.15, -0.1) is 11.8 Å². The predicted molar refractivity (Wildman–Crippen MR) is 74.8 cm³/mol. The highest BCUT2D eigenvalue weighted by atomic mass is 32.7. The van der Waals surface area contributed by atoms with E-state index in [-0.39, 0.29) is 0 Å². The van der Waals surface area contributed by atoms with Crippen LogP contribution in [-0.2, 0) is 4.57 Å². The summed E-state index contributed by atoms with van der Waals surface area (Å²) in [5, 5.41) is 0. The van der Waals surface area contributed by atoms with E-state index in [0.29, 0.717) is 11.5 Å². The maximum atomic E-state index is 12.4. The van der Waals surface area contributed by atoms with Crippen LogP contribution in [0.1, 0.15) is 13.8 Å². The molecule has 0 radical (unpaired) electrons. The van der Waals surface area contributed by atoms with E-state index < -0.39 is 6.80 Å². The molecule has 0 saturated heterocycles. The van der Waals surface area contributed by atoms with E-state index in [4.69, 9.17) is 9.05 Å². The number of hydrogen-bond acceptors (Lipinski definition) is 5. The Balaban J connectivity index is 2.21. The molecule has 1 heterocycles. The van der Waals surface area contributed by atoms with Crippen molar-refractivity contribution in [2.45, 2.75) is 13.8 Å². The zero-order chi connectivity index (χ0) is 12.5. The molecule has 0 fully saturated rings. The minimum atomic E-state index is -3.14. The Morgan fingerprint density at radius 1 is 1.18 bits per heavy atom. The smallest absolute Gasteiger partial charge is 0.404 e. The van der Waals surface area contributed by atoms with Crippen molar-refractivity contribution < 1.29 is 13.6 Å². The van der Waals surface area contributed by atoms with Gasteiger partial charge in [-0.25, -0.2) is 4.57 Å². The van der Waals surface area contributed by atoms with E-state index in [1.54, 1.807) is 23.9 Å². The van der Waals surface area contributed by atoms with Gasteiger partial charge in [-0.05, 0) is 32.2 Å². The Bertz CT molecular complexity index is 480. The number of benzene rings is 1. The van der Waals surface area contributed by atoms with Gasteiger partial charge in [-0.3, -0.25) is 0 Å². The van der Waals surface area contributed by atoms with Crippen LogP contribution in [0.2, 0.25) is 0 Å². The van der Waals surface area contributed by atoms with Gasteiger partial charge in [0, 0.05) is 11.4 Å². The molecule has 0 aromatic heterocycles. The van der Waals surface area contributed by atoms with E-state index in [9.17, 15) is 4.57 Å². The van der Waals surface area contributed by atoms with E-state index in [2.05, 4.69) is 0 Å². The summed E-state index contributed by atoms with van der Waals surface area (Å²) in [6, 6.07) is 7.19. The molecule has 0 atom stereocenters. The third-order valence-corrected chi connectivity index (χ3v) is 7.26. The van der Waals surface area contributed by atoms with Crippen molar-refractivity contribution in [1.29, 1.82) is 0 Å². The molecule has 1 aromatic rings. The lowest BCUT2D eigenvalue weighted by Crippen LogP contribution is -1.87. The van der Waals surface area contributed by atoms with Crippen LogP contribution in [-0.4, -0.2) is 6.26 Å². The SMILES string of the molecule is CSC(SP1(=O)Oc2ccccc2O1)=C(C)C. The first kappa shape index (κ1) is 12.9. The average molecular weight is 288 g/mol. The molecule has 0 saturated carbocycles. The van der Waals surface area contributed by atoms with Gasteiger partial charge in [0.05, 0.1) is 4.24 Å². The summed E-state index contributed by atoms with van der Waals surface area (Å²) in [5.74, 6) is 1.11. The molecule has 0 N–H and O–H groups in total. The molecule has 92 valence electrons. The molecular weight excluding hydrogens is 275 g/mol. The second kappa shape index (κ2) is 5.01. The second-order valence-corrected chi connectivity index (χ2v) is 8.47. The Labute approximate surface area is 109 Å². The van der Waals surface area contributed by atoms with Gasteiger partial charge >= 0.3 is 6.80 Å². The largest absolute Gasteiger partial charge is 0.498 e. The molecule has 0 spiro atoms. The maximum Gasteiger partial charge on any atom is 0.498 e. The molecule has 1 aliphatic rings. The molecule has 2 rings (SSSR count). The molecule has 0 amide bonds. The molecule has 0 aliphatic carbocycles. The lowest BCUT2D eigenvalue weighted by atomic mass is 10.3. The quantitative estimate of drug-likeness (QED) is 0.738. The molecule has 0 unspecified atom stereocenters. The van der Waals surface area contributed by atoms with E-state index in [0.717, 1.165) is 9.81 Å². The fourth-order valence-electron chi connectivity index (χ4n) is 1.33. The van der Waals surface area contributed by atoms with Gasteiger partial charge in [-0.2, -0.15) is 0 Å². The summed E-state index contributed by atoms with van der Waals surface area (Å²) < 4.78 is 24.2. The van der Waals surface area contributed by atoms with E-state index in [1.807, 2.05) is 32.2 Å². The predicted octanol–water partition coefficient (Wildman–Crippen LogP) is 4.91. The van der Waals surface area contributed by atoms with Crippen molar-refractivity contribution in [3.8, 4) is 11.5 Å². The summed E-state index contributed by atoms with van der Waals surface area (Å²) in [6.45, 7) is 0.820. The number of rotatable bonds is 3. The molecule has 0 bridgehead atoms. The fourth-order valence-corrected chi connectivity index (χ4v) is 6.67. The molecular formula is C11H13O3PS2. The zero-order valence-corrected chi connectivity index (χ0v) is 12.3. The van der Waals surface area contributed by atoms with Gasteiger partial charge in [0.2, 0.25) is 0 Å². The highest BCUT2D eigenvalue weighted by Crippen LogP contribution is 2.69. The third kappa shape index (κ3) is 2.84. The summed E-state index contributed by atoms with van der Waals surface area (Å²) >= 11 is 2.73. The van der Waals surface area contributed by atoms with E-state index >= 15 is 0 Å². The van der Waals surface area contributed by atoms with Crippen LogP contribution in [0, 0.1) is 0 Å². The monoisotopic (exact) mass is 288 g/mol. The van der Waals surface area contributed by atoms with Crippen LogP contribution in [0.5, 0.6) is 11.5 Å². The molecule has 6 heteroatoms. The van der Waals surface area contributed by atoms with Gasteiger partial charge in [0.15, 0.2) is 11.5 Å². The first-order valence-corrected chi connectivity index (χ1v) is 9.22. The summed E-state index contributed by atoms with van der Waals surface area (Å²) in [6.07, 6.45) is 1.95. The van der Waals surface area contributed by atoms with Crippen LogP contribution >= 0.6 is 29.9 Å². The number of allylic oxidation sites excluding steroid dienone is 1. The molecule has 3 nitrogen and oxygen atoms in total. The minimum absolute atomic E-state index is 0.553. The average Bonchev–Trinajstić information content (AvgIpc) is 2.62. The third-order valence-electron chi connectivity index (χ3n) is 2.06. The van der Waals surface area contributed by atoms with Crippen molar-refractivity contribution in [3.63, 3.8) is 0 Å². The minimum Gasteiger partial charge on any atom is -0.404 e. The molecule has 1 aromatic carbocycles. The topological polar surface area (TPSA) is 35.5 Å². The van der Waals surface area contributed by atoms with Gasteiger partial charge < -0.3 is 9.05 Å². The highest BCUT2D eigenvalue weighted by molar-refractivity contribution is 8.60. The first-order valence-electron chi connectivity index (χ1n) is 5.03. The summed E-state index contributed by atoms with van der Waals surface area (Å²) in [4.78, 5) is 0. The number of fused-ring (bicyclic) bond motifs is 1. The van der Waals surface area contributed by atoms with Crippen LogP contribution in [0.4, 0.5) is 0 Å². The number of hydrogen-bond donors (Lipinski definition) is 0. The first-order chi connectivity index (χ1) is 8.04. The number of para-hydroxylation sites is 2. The summed E-state index contributed by atoms with van der Waals surface area (Å²) in [7, 11) is 0. The van der Waals surface area contributed by atoms with Crippen molar-refractivity contribution in [2.24, 2.45) is 0 Å². The van der Waals surface area contributed by atoms with Crippen LogP contribution < -0.4 is 9.05 Å². The van der Waals surface area contributed by atoms with Crippen molar-refractivity contribution in [3.05, 3.63) is 34.1 Å². The Morgan fingerprint density at radius 2 is 1.71 bits per heavy atom. The van der Waals surface area contributed by atoms with Crippen LogP contribution in [0.25, 0.3) is 0 Å². The fraction of sp³-hybridized carbons (Fsp3) is 0.273. The molecule has 17 heavy (non-hydrogen) atoms. The Kier molecular flexibility index (Phi) is 3.81. The van der Waals surface area contributed by atoms with Crippen molar-refractivity contribution in [1.82, 2.24) is 0 Å². The molecule has 1 aliphatic heterocycles. The summed E-state index contributed by atoms with van der Waals surface area (Å²) in [5.41, 5.74) is 1.11. The maximum absolute atomic E-state index is 12.4. The normalized spacial score (nSPS) is 15.7. The van der Waals surface area contributed by atoms with Crippen molar-refractivity contribution in [2.75, 3.05) is 6.26 Å². The Morgan fingerprint density at radius 3 is 2.12 bits per heavy atom. The zero-order valence-electron chi connectivity index (χ0n) is 9.80. The second-order valence-electron chi connectivity index (χ2n) is 3.66. The Hall–Kier alpha value is -0.510. The van der Waals surface area contributed by atoms with Gasteiger partial charge in [-0.1, -0.05) is 17.7 Å².